The molecule has 1 heterocycles. The van der Waals surface area contributed by atoms with Crippen LogP contribution in [0.25, 0.3) is 11.3 Å². The van der Waals surface area contributed by atoms with E-state index in [-0.39, 0.29) is 5.82 Å². The van der Waals surface area contributed by atoms with Crippen LogP contribution in [0.5, 0.6) is 5.75 Å². The molecule has 0 radical (unpaired) electrons. The zero-order chi connectivity index (χ0) is 12.3. The van der Waals surface area contributed by atoms with E-state index in [1.807, 2.05) is 5.38 Å². The summed E-state index contributed by atoms with van der Waals surface area (Å²) in [4.78, 5) is 4.44. The Balaban J connectivity index is 2.44. The summed E-state index contributed by atoms with van der Waals surface area (Å²) in [6.45, 7) is 2.10. The first-order valence-electron chi connectivity index (χ1n) is 5.53. The Bertz CT molecular complexity index is 510. The monoisotopic (exact) mass is 251 g/mol. The lowest BCUT2D eigenvalue weighted by Crippen LogP contribution is -1.92. The fourth-order valence-corrected chi connectivity index (χ4v) is 2.57. The lowest BCUT2D eigenvalue weighted by molar-refractivity contribution is 0.413. The minimum Gasteiger partial charge on any atom is -0.496 e. The van der Waals surface area contributed by atoms with Gasteiger partial charge in [0.05, 0.1) is 23.4 Å². The van der Waals surface area contributed by atoms with Gasteiger partial charge < -0.3 is 4.74 Å². The third kappa shape index (κ3) is 2.47. The molecular formula is C13H14FNOS. The topological polar surface area (TPSA) is 22.1 Å². The quantitative estimate of drug-likeness (QED) is 0.822. The Morgan fingerprint density at radius 3 is 2.94 bits per heavy atom. The normalized spacial score (nSPS) is 10.5. The molecule has 17 heavy (non-hydrogen) atoms. The highest BCUT2D eigenvalue weighted by Gasteiger charge is 2.14. The second kappa shape index (κ2) is 5.27. The maximum absolute atomic E-state index is 13.8. The van der Waals surface area contributed by atoms with E-state index in [1.54, 1.807) is 23.5 Å². The second-order valence-electron chi connectivity index (χ2n) is 3.69. The average Bonchev–Trinajstić information content (AvgIpc) is 2.77. The zero-order valence-corrected chi connectivity index (χ0v) is 10.7. The number of hydrogen-bond donors (Lipinski definition) is 0. The van der Waals surface area contributed by atoms with Gasteiger partial charge in [-0.1, -0.05) is 13.0 Å². The number of nitrogens with zero attached hydrogens (tertiary/aromatic N) is 1. The maximum atomic E-state index is 13.8. The standard InChI is InChI=1S/C13H14FNOS/c1-3-5-12-15-10(8-17-12)13-9(14)6-4-7-11(13)16-2/h4,6-8H,3,5H2,1-2H3. The minimum absolute atomic E-state index is 0.294. The molecular weight excluding hydrogens is 237 g/mol. The summed E-state index contributed by atoms with van der Waals surface area (Å²) in [5.74, 6) is 0.232. The predicted octanol–water partition coefficient (Wildman–Crippen LogP) is 3.91. The van der Waals surface area contributed by atoms with E-state index >= 15 is 0 Å². The van der Waals surface area contributed by atoms with Crippen molar-refractivity contribution in [2.45, 2.75) is 19.8 Å². The van der Waals surface area contributed by atoms with Gasteiger partial charge in [0.1, 0.15) is 11.6 Å². The maximum Gasteiger partial charge on any atom is 0.136 e. The van der Waals surface area contributed by atoms with Gasteiger partial charge in [-0.2, -0.15) is 0 Å². The number of benzene rings is 1. The molecule has 0 fully saturated rings. The first-order valence-corrected chi connectivity index (χ1v) is 6.41. The van der Waals surface area contributed by atoms with Crippen LogP contribution in [0.3, 0.4) is 0 Å². The zero-order valence-electron chi connectivity index (χ0n) is 9.87. The van der Waals surface area contributed by atoms with Crippen LogP contribution in [0, 0.1) is 5.82 Å². The molecule has 2 nitrogen and oxygen atoms in total. The Kier molecular flexibility index (Phi) is 3.74. The number of halogens is 1. The molecule has 0 saturated heterocycles. The van der Waals surface area contributed by atoms with Gasteiger partial charge in [-0.15, -0.1) is 11.3 Å². The molecule has 0 atom stereocenters. The molecule has 0 N–H and O–H groups in total. The molecule has 0 aliphatic carbocycles. The van der Waals surface area contributed by atoms with Crippen LogP contribution in [-0.4, -0.2) is 12.1 Å². The van der Waals surface area contributed by atoms with E-state index < -0.39 is 0 Å². The summed E-state index contributed by atoms with van der Waals surface area (Å²) in [7, 11) is 1.54. The van der Waals surface area contributed by atoms with E-state index in [1.165, 1.54) is 13.2 Å². The van der Waals surface area contributed by atoms with Gasteiger partial charge in [-0.05, 0) is 25.0 Å². The Labute approximate surface area is 104 Å². The highest BCUT2D eigenvalue weighted by molar-refractivity contribution is 7.09. The number of ether oxygens (including phenoxy) is 1. The molecule has 0 saturated carbocycles. The van der Waals surface area contributed by atoms with Crippen LogP contribution in [0.2, 0.25) is 0 Å². The summed E-state index contributed by atoms with van der Waals surface area (Å²) in [6, 6.07) is 4.81. The van der Waals surface area contributed by atoms with Crippen LogP contribution in [0.1, 0.15) is 18.4 Å². The van der Waals surface area contributed by atoms with Crippen LogP contribution in [-0.2, 0) is 6.42 Å². The van der Waals surface area contributed by atoms with Crippen LogP contribution >= 0.6 is 11.3 Å². The molecule has 0 amide bonds. The van der Waals surface area contributed by atoms with Crippen molar-refractivity contribution >= 4 is 11.3 Å². The largest absolute Gasteiger partial charge is 0.496 e. The van der Waals surface area contributed by atoms with E-state index in [2.05, 4.69) is 11.9 Å². The number of hydrogen-bond acceptors (Lipinski definition) is 3. The van der Waals surface area contributed by atoms with Crippen molar-refractivity contribution in [1.29, 1.82) is 0 Å². The van der Waals surface area contributed by atoms with Gasteiger partial charge in [0, 0.05) is 5.38 Å². The van der Waals surface area contributed by atoms with Gasteiger partial charge in [0.2, 0.25) is 0 Å². The van der Waals surface area contributed by atoms with Crippen LogP contribution < -0.4 is 4.74 Å². The fraction of sp³-hybridized carbons (Fsp3) is 0.308. The number of aryl methyl sites for hydroxylation is 1. The van der Waals surface area contributed by atoms with E-state index in [4.69, 9.17) is 4.74 Å². The van der Waals surface area contributed by atoms with Gasteiger partial charge in [0.25, 0.3) is 0 Å². The van der Waals surface area contributed by atoms with Gasteiger partial charge >= 0.3 is 0 Å². The molecule has 2 aromatic rings. The average molecular weight is 251 g/mol. The number of aromatic nitrogens is 1. The minimum atomic E-state index is -0.294. The van der Waals surface area contributed by atoms with E-state index in [0.29, 0.717) is 17.0 Å². The van der Waals surface area contributed by atoms with Crippen molar-refractivity contribution in [2.75, 3.05) is 7.11 Å². The Morgan fingerprint density at radius 1 is 1.41 bits per heavy atom. The molecule has 1 aromatic heterocycles. The molecule has 0 aliphatic heterocycles. The number of methoxy groups -OCH3 is 1. The van der Waals surface area contributed by atoms with Crippen LogP contribution in [0.4, 0.5) is 4.39 Å². The molecule has 0 bridgehead atoms. The van der Waals surface area contributed by atoms with E-state index in [9.17, 15) is 4.39 Å². The molecule has 0 unspecified atom stereocenters. The summed E-state index contributed by atoms with van der Waals surface area (Å²) >= 11 is 1.56. The lowest BCUT2D eigenvalue weighted by Gasteiger charge is -2.06. The third-order valence-corrected chi connectivity index (χ3v) is 3.38. The van der Waals surface area contributed by atoms with Crippen molar-refractivity contribution in [1.82, 2.24) is 4.98 Å². The summed E-state index contributed by atoms with van der Waals surface area (Å²) in [5, 5.41) is 2.92. The predicted molar refractivity (Wildman–Crippen MR) is 68.1 cm³/mol. The summed E-state index contributed by atoms with van der Waals surface area (Å²) in [5.41, 5.74) is 1.11. The van der Waals surface area contributed by atoms with E-state index in [0.717, 1.165) is 17.8 Å². The molecule has 0 aliphatic rings. The van der Waals surface area contributed by atoms with Crippen molar-refractivity contribution < 1.29 is 9.13 Å². The van der Waals surface area contributed by atoms with Crippen LogP contribution in [0.15, 0.2) is 23.6 Å². The van der Waals surface area contributed by atoms with Gasteiger partial charge in [-0.25, -0.2) is 9.37 Å². The van der Waals surface area contributed by atoms with Crippen molar-refractivity contribution in [3.05, 3.63) is 34.4 Å². The summed E-state index contributed by atoms with van der Waals surface area (Å²) in [6.07, 6.45) is 1.97. The van der Waals surface area contributed by atoms with Crippen molar-refractivity contribution in [2.24, 2.45) is 0 Å². The third-order valence-electron chi connectivity index (χ3n) is 2.47. The fourth-order valence-electron chi connectivity index (χ4n) is 1.68. The lowest BCUT2D eigenvalue weighted by atomic mass is 10.1. The Hall–Kier alpha value is -1.42. The SMILES string of the molecule is CCCc1nc(-c2c(F)cccc2OC)cs1. The highest BCUT2D eigenvalue weighted by Crippen LogP contribution is 2.33. The second-order valence-corrected chi connectivity index (χ2v) is 4.64. The van der Waals surface area contributed by atoms with Gasteiger partial charge in [-0.3, -0.25) is 0 Å². The van der Waals surface area contributed by atoms with Crippen molar-refractivity contribution in [3.63, 3.8) is 0 Å². The molecule has 4 heteroatoms. The Morgan fingerprint density at radius 2 is 2.24 bits per heavy atom. The highest BCUT2D eigenvalue weighted by atomic mass is 32.1. The first-order chi connectivity index (χ1) is 8.26. The molecule has 1 aromatic carbocycles. The van der Waals surface area contributed by atoms with Crippen molar-refractivity contribution in [3.8, 4) is 17.0 Å². The van der Waals surface area contributed by atoms with Gasteiger partial charge in [0.15, 0.2) is 0 Å². The summed E-state index contributed by atoms with van der Waals surface area (Å²) < 4.78 is 19.0. The smallest absolute Gasteiger partial charge is 0.136 e. The first kappa shape index (κ1) is 12.0. The number of rotatable bonds is 4. The molecule has 2 rings (SSSR count). The number of thiazole rings is 1. The molecule has 0 spiro atoms. The molecule has 90 valence electrons.